The first-order valence-electron chi connectivity index (χ1n) is 7.37. The summed E-state index contributed by atoms with van der Waals surface area (Å²) in [6, 6.07) is 7.38. The Balaban J connectivity index is 2.61. The second-order valence-electron chi connectivity index (χ2n) is 4.61. The van der Waals surface area contributed by atoms with Crippen LogP contribution in [0.15, 0.2) is 24.3 Å². The summed E-state index contributed by atoms with van der Waals surface area (Å²) in [6.45, 7) is 7.07. The molecule has 0 saturated heterocycles. The predicted molar refractivity (Wildman–Crippen MR) is 81.2 cm³/mol. The number of esters is 1. The average molecular weight is 279 g/mol. The zero-order valence-electron chi connectivity index (χ0n) is 12.6. The predicted octanol–water partition coefficient (Wildman–Crippen LogP) is 3.62. The summed E-state index contributed by atoms with van der Waals surface area (Å²) in [5.41, 5.74) is 0.903. The van der Waals surface area contributed by atoms with Crippen molar-refractivity contribution < 1.29 is 14.3 Å². The molecule has 1 rings (SSSR count). The van der Waals surface area contributed by atoms with Gasteiger partial charge in [0.1, 0.15) is 11.8 Å². The van der Waals surface area contributed by atoms with Crippen LogP contribution in [0.4, 0.5) is 5.69 Å². The molecule has 0 radical (unpaired) electrons. The van der Waals surface area contributed by atoms with Crippen LogP contribution in [0.3, 0.4) is 0 Å². The summed E-state index contributed by atoms with van der Waals surface area (Å²) in [5.74, 6) is 0.654. The molecule has 0 aromatic heterocycles. The number of rotatable bonds is 9. The third-order valence-corrected chi connectivity index (χ3v) is 2.82. The van der Waals surface area contributed by atoms with Crippen LogP contribution in [0.2, 0.25) is 0 Å². The van der Waals surface area contributed by atoms with Crippen LogP contribution in [0, 0.1) is 0 Å². The average Bonchev–Trinajstić information content (AvgIpc) is 2.46. The van der Waals surface area contributed by atoms with E-state index >= 15 is 0 Å². The lowest BCUT2D eigenvalue weighted by Gasteiger charge is -2.18. The van der Waals surface area contributed by atoms with Gasteiger partial charge < -0.3 is 14.8 Å². The Morgan fingerprint density at radius 3 is 2.40 bits per heavy atom. The van der Waals surface area contributed by atoms with E-state index in [1.807, 2.05) is 31.2 Å². The van der Waals surface area contributed by atoms with Gasteiger partial charge in [0.25, 0.3) is 0 Å². The summed E-state index contributed by atoms with van der Waals surface area (Å²) < 4.78 is 10.6. The first kappa shape index (κ1) is 16.3. The van der Waals surface area contributed by atoms with Gasteiger partial charge in [-0.3, -0.25) is 0 Å². The second kappa shape index (κ2) is 9.23. The number of benzene rings is 1. The molecule has 20 heavy (non-hydrogen) atoms. The van der Waals surface area contributed by atoms with Crippen molar-refractivity contribution >= 4 is 11.7 Å². The summed E-state index contributed by atoms with van der Waals surface area (Å²) >= 11 is 0. The van der Waals surface area contributed by atoms with Gasteiger partial charge in [0, 0.05) is 5.69 Å². The highest BCUT2D eigenvalue weighted by atomic mass is 16.5. The molecule has 1 aromatic carbocycles. The van der Waals surface area contributed by atoms with Crippen LogP contribution in [-0.2, 0) is 9.53 Å². The fourth-order valence-corrected chi connectivity index (χ4v) is 1.85. The van der Waals surface area contributed by atoms with Crippen molar-refractivity contribution in [2.24, 2.45) is 0 Å². The lowest BCUT2D eigenvalue weighted by molar-refractivity contribution is -0.144. The molecular formula is C16H25NO3. The van der Waals surface area contributed by atoms with Gasteiger partial charge in [0.15, 0.2) is 0 Å². The minimum absolute atomic E-state index is 0.194. The Bertz CT molecular complexity index is 389. The zero-order chi connectivity index (χ0) is 14.8. The van der Waals surface area contributed by atoms with Gasteiger partial charge in [-0.1, -0.05) is 20.3 Å². The molecule has 4 nitrogen and oxygen atoms in total. The highest BCUT2D eigenvalue weighted by Crippen LogP contribution is 2.18. The largest absolute Gasteiger partial charge is 0.494 e. The number of hydrogen-bond acceptors (Lipinski definition) is 4. The Morgan fingerprint density at radius 1 is 1.15 bits per heavy atom. The zero-order valence-corrected chi connectivity index (χ0v) is 12.6. The summed E-state index contributed by atoms with van der Waals surface area (Å²) in [4.78, 5) is 11.8. The number of anilines is 1. The molecule has 0 spiro atoms. The standard InChI is InChI=1S/C16H25NO3/c1-4-7-15(16(18)19-6-3)17-13-8-10-14(11-9-13)20-12-5-2/h8-11,15,17H,4-7,12H2,1-3H3. The summed E-state index contributed by atoms with van der Waals surface area (Å²) in [5, 5.41) is 3.22. The second-order valence-corrected chi connectivity index (χ2v) is 4.61. The minimum Gasteiger partial charge on any atom is -0.494 e. The molecule has 1 atom stereocenters. The first-order valence-corrected chi connectivity index (χ1v) is 7.37. The van der Waals surface area contributed by atoms with E-state index in [1.54, 1.807) is 0 Å². The Morgan fingerprint density at radius 2 is 1.85 bits per heavy atom. The molecule has 112 valence electrons. The summed E-state index contributed by atoms with van der Waals surface area (Å²) in [6.07, 6.45) is 2.67. The highest BCUT2D eigenvalue weighted by molar-refractivity contribution is 5.79. The molecule has 0 fully saturated rings. The van der Waals surface area contributed by atoms with Crippen LogP contribution in [0.25, 0.3) is 0 Å². The van der Waals surface area contributed by atoms with Crippen LogP contribution >= 0.6 is 0 Å². The van der Waals surface area contributed by atoms with Gasteiger partial charge in [-0.15, -0.1) is 0 Å². The van der Waals surface area contributed by atoms with Crippen LogP contribution in [0.1, 0.15) is 40.0 Å². The van der Waals surface area contributed by atoms with Gasteiger partial charge in [-0.2, -0.15) is 0 Å². The molecule has 1 unspecified atom stereocenters. The molecule has 0 bridgehead atoms. The molecular weight excluding hydrogens is 254 g/mol. The molecule has 1 aromatic rings. The van der Waals surface area contributed by atoms with Crippen molar-refractivity contribution in [2.45, 2.75) is 46.1 Å². The lowest BCUT2D eigenvalue weighted by Crippen LogP contribution is -2.31. The SMILES string of the molecule is CCCOc1ccc(NC(CCC)C(=O)OCC)cc1. The Kier molecular flexibility index (Phi) is 7.55. The fraction of sp³-hybridized carbons (Fsp3) is 0.562. The van der Waals surface area contributed by atoms with E-state index in [9.17, 15) is 4.79 Å². The molecule has 0 heterocycles. The number of nitrogens with one attached hydrogen (secondary N) is 1. The normalized spacial score (nSPS) is 11.8. The van der Waals surface area contributed by atoms with Crippen molar-refractivity contribution in [2.75, 3.05) is 18.5 Å². The number of ether oxygens (including phenoxy) is 2. The van der Waals surface area contributed by atoms with Crippen molar-refractivity contribution in [1.82, 2.24) is 0 Å². The van der Waals surface area contributed by atoms with Gasteiger partial charge in [-0.25, -0.2) is 4.79 Å². The van der Waals surface area contributed by atoms with Gasteiger partial charge in [0.05, 0.1) is 13.2 Å². The van der Waals surface area contributed by atoms with Crippen LogP contribution < -0.4 is 10.1 Å². The summed E-state index contributed by atoms with van der Waals surface area (Å²) in [7, 11) is 0. The van der Waals surface area contributed by atoms with E-state index in [-0.39, 0.29) is 12.0 Å². The van der Waals surface area contributed by atoms with E-state index in [0.29, 0.717) is 13.2 Å². The highest BCUT2D eigenvalue weighted by Gasteiger charge is 2.18. The fourth-order valence-electron chi connectivity index (χ4n) is 1.85. The van der Waals surface area contributed by atoms with E-state index in [4.69, 9.17) is 9.47 Å². The van der Waals surface area contributed by atoms with Crippen molar-refractivity contribution in [3.63, 3.8) is 0 Å². The molecule has 4 heteroatoms. The number of carbonyl (C=O) groups excluding carboxylic acids is 1. The molecule has 0 aliphatic carbocycles. The molecule has 1 N–H and O–H groups in total. The Hall–Kier alpha value is -1.71. The Labute approximate surface area is 121 Å². The van der Waals surface area contributed by atoms with E-state index in [0.717, 1.165) is 30.7 Å². The molecule has 0 aliphatic heterocycles. The smallest absolute Gasteiger partial charge is 0.328 e. The number of hydrogen-bond donors (Lipinski definition) is 1. The van der Waals surface area contributed by atoms with E-state index < -0.39 is 0 Å². The quantitative estimate of drug-likeness (QED) is 0.701. The van der Waals surface area contributed by atoms with Crippen molar-refractivity contribution in [3.8, 4) is 5.75 Å². The van der Waals surface area contributed by atoms with Crippen LogP contribution in [0.5, 0.6) is 5.75 Å². The molecule has 0 aliphatic rings. The van der Waals surface area contributed by atoms with Gasteiger partial charge >= 0.3 is 5.97 Å². The molecule has 0 amide bonds. The third-order valence-electron chi connectivity index (χ3n) is 2.82. The maximum absolute atomic E-state index is 11.8. The third kappa shape index (κ3) is 5.51. The first-order chi connectivity index (χ1) is 9.71. The minimum atomic E-state index is -0.289. The molecule has 0 saturated carbocycles. The lowest BCUT2D eigenvalue weighted by atomic mass is 10.1. The van der Waals surface area contributed by atoms with Crippen molar-refractivity contribution in [3.05, 3.63) is 24.3 Å². The van der Waals surface area contributed by atoms with Crippen LogP contribution in [-0.4, -0.2) is 25.2 Å². The monoisotopic (exact) mass is 279 g/mol. The van der Waals surface area contributed by atoms with Crippen molar-refractivity contribution in [1.29, 1.82) is 0 Å². The topological polar surface area (TPSA) is 47.6 Å². The van der Waals surface area contributed by atoms with Gasteiger partial charge in [-0.05, 0) is 44.0 Å². The van der Waals surface area contributed by atoms with Gasteiger partial charge in [0.2, 0.25) is 0 Å². The number of carbonyl (C=O) groups is 1. The van der Waals surface area contributed by atoms with E-state index in [1.165, 1.54) is 0 Å². The maximum atomic E-state index is 11.8. The maximum Gasteiger partial charge on any atom is 0.328 e. The van der Waals surface area contributed by atoms with E-state index in [2.05, 4.69) is 19.2 Å².